The lowest BCUT2D eigenvalue weighted by Gasteiger charge is -2.12. The van der Waals surface area contributed by atoms with Gasteiger partial charge in [-0.3, -0.25) is 4.79 Å². The summed E-state index contributed by atoms with van der Waals surface area (Å²) in [5.41, 5.74) is 0.972. The van der Waals surface area contributed by atoms with E-state index >= 15 is 0 Å². The minimum Gasteiger partial charge on any atom is -0.469 e. The Morgan fingerprint density at radius 1 is 1.50 bits per heavy atom. The molecule has 0 radical (unpaired) electrons. The Balaban J connectivity index is 2.88. The smallest absolute Gasteiger partial charge is 0.313 e. The zero-order valence-electron chi connectivity index (χ0n) is 8.27. The molecule has 0 saturated heterocycles. The van der Waals surface area contributed by atoms with Gasteiger partial charge in [-0.25, -0.2) is 0 Å². The monoisotopic (exact) mass is 190 g/mol. The number of hydrogen-bond acceptors (Lipinski definition) is 2. The standard InChI is InChI=1S/C12H14O2/c1-3-7-11(12(13)14-2)10-8-5-4-6-9-10/h3-6,8-9,11H,1,7H2,2H3/t11-/m1/s1. The number of carbonyl (C=O) groups excluding carboxylic acids is 1. The second-order valence-electron chi connectivity index (χ2n) is 3.01. The van der Waals surface area contributed by atoms with Gasteiger partial charge in [-0.05, 0) is 12.0 Å². The molecular weight excluding hydrogens is 176 g/mol. The van der Waals surface area contributed by atoms with Gasteiger partial charge in [0.05, 0.1) is 13.0 Å². The van der Waals surface area contributed by atoms with E-state index in [-0.39, 0.29) is 11.9 Å². The number of rotatable bonds is 4. The number of esters is 1. The minimum atomic E-state index is -0.223. The first-order chi connectivity index (χ1) is 6.79. The highest BCUT2D eigenvalue weighted by Gasteiger charge is 2.18. The molecule has 0 aliphatic rings. The first kappa shape index (κ1) is 10.5. The van der Waals surface area contributed by atoms with Gasteiger partial charge in [0, 0.05) is 0 Å². The molecule has 1 rings (SSSR count). The molecule has 14 heavy (non-hydrogen) atoms. The van der Waals surface area contributed by atoms with Crippen molar-refractivity contribution in [2.45, 2.75) is 12.3 Å². The Hall–Kier alpha value is -1.57. The predicted octanol–water partition coefficient (Wildman–Crippen LogP) is 2.52. The average molecular weight is 190 g/mol. The van der Waals surface area contributed by atoms with E-state index in [1.54, 1.807) is 6.08 Å². The molecule has 1 atom stereocenters. The lowest BCUT2D eigenvalue weighted by molar-refractivity contribution is -0.142. The molecule has 0 aromatic heterocycles. The van der Waals surface area contributed by atoms with Crippen LogP contribution in [0.15, 0.2) is 43.0 Å². The van der Waals surface area contributed by atoms with Crippen LogP contribution >= 0.6 is 0 Å². The number of hydrogen-bond donors (Lipinski definition) is 0. The normalized spacial score (nSPS) is 11.8. The van der Waals surface area contributed by atoms with Crippen LogP contribution in [0.5, 0.6) is 0 Å². The third-order valence-electron chi connectivity index (χ3n) is 2.09. The summed E-state index contributed by atoms with van der Waals surface area (Å²) in [6.07, 6.45) is 2.34. The summed E-state index contributed by atoms with van der Waals surface area (Å²) in [6.45, 7) is 3.63. The van der Waals surface area contributed by atoms with Gasteiger partial charge in [0.25, 0.3) is 0 Å². The van der Waals surface area contributed by atoms with Gasteiger partial charge >= 0.3 is 5.97 Å². The van der Waals surface area contributed by atoms with Crippen LogP contribution in [0.4, 0.5) is 0 Å². The first-order valence-electron chi connectivity index (χ1n) is 4.53. The fourth-order valence-electron chi connectivity index (χ4n) is 1.36. The summed E-state index contributed by atoms with van der Waals surface area (Å²) in [4.78, 5) is 11.4. The Morgan fingerprint density at radius 3 is 2.64 bits per heavy atom. The molecule has 0 N–H and O–H groups in total. The van der Waals surface area contributed by atoms with Crippen molar-refractivity contribution in [3.8, 4) is 0 Å². The van der Waals surface area contributed by atoms with Crippen LogP contribution in [0.2, 0.25) is 0 Å². The summed E-state index contributed by atoms with van der Waals surface area (Å²) >= 11 is 0. The van der Waals surface area contributed by atoms with Gasteiger partial charge < -0.3 is 4.74 Å². The highest BCUT2D eigenvalue weighted by molar-refractivity contribution is 5.78. The summed E-state index contributed by atoms with van der Waals surface area (Å²) in [5.74, 6) is -0.435. The van der Waals surface area contributed by atoms with E-state index in [0.717, 1.165) is 5.56 Å². The zero-order valence-corrected chi connectivity index (χ0v) is 8.27. The minimum absolute atomic E-state index is 0.212. The SMILES string of the molecule is C=CC[C@@H](C(=O)OC)c1ccccc1. The Labute approximate surface area is 84.2 Å². The summed E-state index contributed by atoms with van der Waals surface area (Å²) in [5, 5.41) is 0. The van der Waals surface area contributed by atoms with Crippen LogP contribution in [0.1, 0.15) is 17.9 Å². The molecule has 74 valence electrons. The molecule has 0 heterocycles. The Kier molecular flexibility index (Phi) is 3.92. The molecule has 0 bridgehead atoms. The molecule has 0 fully saturated rings. The maximum atomic E-state index is 11.4. The Morgan fingerprint density at radius 2 is 2.14 bits per heavy atom. The topological polar surface area (TPSA) is 26.3 Å². The van der Waals surface area contributed by atoms with Crippen molar-refractivity contribution >= 4 is 5.97 Å². The number of carbonyl (C=O) groups is 1. The second-order valence-corrected chi connectivity index (χ2v) is 3.01. The van der Waals surface area contributed by atoms with E-state index in [9.17, 15) is 4.79 Å². The summed E-state index contributed by atoms with van der Waals surface area (Å²) in [6, 6.07) is 9.59. The molecule has 0 amide bonds. The van der Waals surface area contributed by atoms with Crippen molar-refractivity contribution in [1.29, 1.82) is 0 Å². The van der Waals surface area contributed by atoms with Gasteiger partial charge in [-0.1, -0.05) is 36.4 Å². The fourth-order valence-corrected chi connectivity index (χ4v) is 1.36. The second kappa shape index (κ2) is 5.22. The van der Waals surface area contributed by atoms with Crippen molar-refractivity contribution in [1.82, 2.24) is 0 Å². The highest BCUT2D eigenvalue weighted by Crippen LogP contribution is 2.20. The van der Waals surface area contributed by atoms with E-state index in [0.29, 0.717) is 6.42 Å². The van der Waals surface area contributed by atoms with Crippen molar-refractivity contribution < 1.29 is 9.53 Å². The van der Waals surface area contributed by atoms with E-state index in [4.69, 9.17) is 4.74 Å². The van der Waals surface area contributed by atoms with Crippen molar-refractivity contribution in [2.75, 3.05) is 7.11 Å². The van der Waals surface area contributed by atoms with Crippen LogP contribution in [0.3, 0.4) is 0 Å². The third kappa shape index (κ3) is 2.46. The van der Waals surface area contributed by atoms with Gasteiger partial charge in [-0.15, -0.1) is 6.58 Å². The molecule has 0 aliphatic carbocycles. The largest absolute Gasteiger partial charge is 0.469 e. The fraction of sp³-hybridized carbons (Fsp3) is 0.250. The number of allylic oxidation sites excluding steroid dienone is 1. The maximum Gasteiger partial charge on any atom is 0.313 e. The van der Waals surface area contributed by atoms with Crippen molar-refractivity contribution in [3.05, 3.63) is 48.6 Å². The van der Waals surface area contributed by atoms with Crippen molar-refractivity contribution in [2.24, 2.45) is 0 Å². The number of benzene rings is 1. The molecular formula is C12H14O2. The van der Waals surface area contributed by atoms with Crippen LogP contribution in [-0.2, 0) is 9.53 Å². The predicted molar refractivity (Wildman–Crippen MR) is 56.0 cm³/mol. The molecule has 0 spiro atoms. The molecule has 0 saturated carbocycles. The highest BCUT2D eigenvalue weighted by atomic mass is 16.5. The molecule has 0 unspecified atom stereocenters. The first-order valence-corrected chi connectivity index (χ1v) is 4.53. The molecule has 1 aromatic rings. The lowest BCUT2D eigenvalue weighted by Crippen LogP contribution is -2.13. The summed E-state index contributed by atoms with van der Waals surface area (Å²) < 4.78 is 4.73. The average Bonchev–Trinajstić information content (AvgIpc) is 2.26. The van der Waals surface area contributed by atoms with Crippen molar-refractivity contribution in [3.63, 3.8) is 0 Å². The lowest BCUT2D eigenvalue weighted by atomic mass is 9.96. The van der Waals surface area contributed by atoms with Gasteiger partial charge in [0.15, 0.2) is 0 Å². The van der Waals surface area contributed by atoms with Crippen LogP contribution in [0, 0.1) is 0 Å². The third-order valence-corrected chi connectivity index (χ3v) is 2.09. The van der Waals surface area contributed by atoms with Crippen LogP contribution in [-0.4, -0.2) is 13.1 Å². The number of ether oxygens (including phenoxy) is 1. The van der Waals surface area contributed by atoms with E-state index in [1.165, 1.54) is 7.11 Å². The molecule has 0 aliphatic heterocycles. The molecule has 2 heteroatoms. The van der Waals surface area contributed by atoms with Crippen LogP contribution in [0.25, 0.3) is 0 Å². The zero-order chi connectivity index (χ0) is 10.4. The van der Waals surface area contributed by atoms with Gasteiger partial charge in [0.2, 0.25) is 0 Å². The van der Waals surface area contributed by atoms with Crippen LogP contribution < -0.4 is 0 Å². The van der Waals surface area contributed by atoms with E-state index in [1.807, 2.05) is 30.3 Å². The molecule has 1 aromatic carbocycles. The quantitative estimate of drug-likeness (QED) is 0.538. The Bertz CT molecular complexity index is 303. The molecule has 2 nitrogen and oxygen atoms in total. The van der Waals surface area contributed by atoms with E-state index in [2.05, 4.69) is 6.58 Å². The summed E-state index contributed by atoms with van der Waals surface area (Å²) in [7, 11) is 1.40. The number of methoxy groups -OCH3 is 1. The maximum absolute atomic E-state index is 11.4. The van der Waals surface area contributed by atoms with Gasteiger partial charge in [0.1, 0.15) is 0 Å². The van der Waals surface area contributed by atoms with E-state index < -0.39 is 0 Å². The van der Waals surface area contributed by atoms with Gasteiger partial charge in [-0.2, -0.15) is 0 Å².